The summed E-state index contributed by atoms with van der Waals surface area (Å²) in [7, 11) is 4.72. The molecule has 0 saturated heterocycles. The Kier molecular flexibility index (Phi) is 6.41. The van der Waals surface area contributed by atoms with Crippen LogP contribution in [0.5, 0.6) is 17.2 Å². The second-order valence-electron chi connectivity index (χ2n) is 5.05. The number of carbonyl (C=O) groups excluding carboxylic acids is 1. The first-order chi connectivity index (χ1) is 12.0. The third kappa shape index (κ3) is 4.51. The van der Waals surface area contributed by atoms with Gasteiger partial charge in [0.2, 0.25) is 0 Å². The van der Waals surface area contributed by atoms with Crippen molar-refractivity contribution in [2.45, 2.75) is 6.92 Å². The maximum absolute atomic E-state index is 12.3. The summed E-state index contributed by atoms with van der Waals surface area (Å²) in [5.74, 6) is 1.62. The van der Waals surface area contributed by atoms with Crippen molar-refractivity contribution in [1.29, 1.82) is 0 Å². The monoisotopic (exact) mass is 406 g/mol. The maximum atomic E-state index is 12.3. The lowest BCUT2D eigenvalue weighted by Crippen LogP contribution is -2.19. The summed E-state index contributed by atoms with van der Waals surface area (Å²) in [6, 6.07) is 10.4. The van der Waals surface area contributed by atoms with Gasteiger partial charge in [0.05, 0.1) is 31.5 Å². The first-order valence-electron chi connectivity index (χ1n) is 7.40. The van der Waals surface area contributed by atoms with Crippen LogP contribution in [-0.4, -0.2) is 32.9 Å². The zero-order valence-corrected chi connectivity index (χ0v) is 16.0. The molecule has 0 atom stereocenters. The number of ether oxygens (including phenoxy) is 3. The van der Waals surface area contributed by atoms with Crippen LogP contribution in [0.1, 0.15) is 22.8 Å². The number of carbonyl (C=O) groups is 1. The van der Waals surface area contributed by atoms with E-state index in [1.807, 2.05) is 6.07 Å². The van der Waals surface area contributed by atoms with Crippen LogP contribution in [0.2, 0.25) is 0 Å². The normalized spacial score (nSPS) is 11.0. The third-order valence-electron chi connectivity index (χ3n) is 3.54. The van der Waals surface area contributed by atoms with E-state index >= 15 is 0 Å². The Labute approximate surface area is 154 Å². The van der Waals surface area contributed by atoms with Crippen LogP contribution in [0.4, 0.5) is 0 Å². The van der Waals surface area contributed by atoms with E-state index in [0.29, 0.717) is 33.0 Å². The first-order valence-corrected chi connectivity index (χ1v) is 8.20. The van der Waals surface area contributed by atoms with Crippen molar-refractivity contribution < 1.29 is 19.0 Å². The largest absolute Gasteiger partial charge is 0.497 e. The molecule has 0 aromatic heterocycles. The highest BCUT2D eigenvalue weighted by Gasteiger charge is 2.11. The molecule has 2 aromatic carbocycles. The Morgan fingerprint density at radius 3 is 2.32 bits per heavy atom. The summed E-state index contributed by atoms with van der Waals surface area (Å²) in [4.78, 5) is 12.3. The van der Waals surface area contributed by atoms with E-state index in [0.717, 1.165) is 5.56 Å². The first kappa shape index (κ1) is 18.8. The molecule has 6 nitrogen and oxygen atoms in total. The Balaban J connectivity index is 2.18. The molecule has 2 rings (SSSR count). The minimum atomic E-state index is -0.324. The minimum Gasteiger partial charge on any atom is -0.497 e. The summed E-state index contributed by atoms with van der Waals surface area (Å²) >= 11 is 3.36. The van der Waals surface area contributed by atoms with Gasteiger partial charge in [0, 0.05) is 17.2 Å². The minimum absolute atomic E-state index is 0.324. The fourth-order valence-corrected chi connectivity index (χ4v) is 2.71. The Morgan fingerprint density at radius 2 is 1.72 bits per heavy atom. The van der Waals surface area contributed by atoms with Gasteiger partial charge in [-0.25, -0.2) is 5.43 Å². The van der Waals surface area contributed by atoms with Crippen LogP contribution in [0, 0.1) is 0 Å². The van der Waals surface area contributed by atoms with Gasteiger partial charge < -0.3 is 14.2 Å². The van der Waals surface area contributed by atoms with Crippen molar-refractivity contribution in [3.63, 3.8) is 0 Å². The van der Waals surface area contributed by atoms with E-state index in [-0.39, 0.29) is 5.91 Å². The van der Waals surface area contributed by atoms with E-state index < -0.39 is 0 Å². The molecule has 0 saturated carbocycles. The highest BCUT2D eigenvalue weighted by Crippen LogP contribution is 2.26. The van der Waals surface area contributed by atoms with Gasteiger partial charge in [0.15, 0.2) is 0 Å². The van der Waals surface area contributed by atoms with E-state index in [1.165, 1.54) is 0 Å². The number of nitrogens with one attached hydrogen (secondary N) is 1. The van der Waals surface area contributed by atoms with E-state index in [9.17, 15) is 4.79 Å². The molecule has 0 spiro atoms. The van der Waals surface area contributed by atoms with Crippen LogP contribution in [0.25, 0.3) is 0 Å². The standard InChI is InChI=1S/C18H19BrN2O4/c1-11(14-7-6-13(23-2)10-17(14)25-4)20-21-18(22)12-5-8-16(24-3)15(19)9-12/h5-10H,1-4H3,(H,21,22). The molecule has 132 valence electrons. The van der Waals surface area contributed by atoms with Gasteiger partial charge in [-0.3, -0.25) is 4.79 Å². The van der Waals surface area contributed by atoms with E-state index in [2.05, 4.69) is 26.5 Å². The lowest BCUT2D eigenvalue weighted by atomic mass is 10.1. The van der Waals surface area contributed by atoms with Crippen LogP contribution in [0.15, 0.2) is 46.0 Å². The molecule has 1 N–H and O–H groups in total. The van der Waals surface area contributed by atoms with Gasteiger partial charge in [0.1, 0.15) is 17.2 Å². The zero-order chi connectivity index (χ0) is 18.4. The summed E-state index contributed by atoms with van der Waals surface area (Å²) < 4.78 is 16.4. The topological polar surface area (TPSA) is 69.2 Å². The van der Waals surface area contributed by atoms with E-state index in [4.69, 9.17) is 14.2 Å². The SMILES string of the molecule is COc1ccc(C(C)=NNC(=O)c2ccc(OC)c(Br)c2)c(OC)c1. The van der Waals surface area contributed by atoms with Crippen molar-refractivity contribution in [3.05, 3.63) is 52.0 Å². The van der Waals surface area contributed by atoms with E-state index in [1.54, 1.807) is 58.6 Å². The van der Waals surface area contributed by atoms with Gasteiger partial charge in [0.25, 0.3) is 5.91 Å². The number of hydrogen-bond acceptors (Lipinski definition) is 5. The summed E-state index contributed by atoms with van der Waals surface area (Å²) in [6.07, 6.45) is 0. The molecule has 0 fully saturated rings. The fraction of sp³-hybridized carbons (Fsp3) is 0.222. The molecular formula is C18H19BrN2O4. The maximum Gasteiger partial charge on any atom is 0.271 e. The predicted molar refractivity (Wildman–Crippen MR) is 99.9 cm³/mol. The molecule has 0 aliphatic carbocycles. The average molecular weight is 407 g/mol. The third-order valence-corrected chi connectivity index (χ3v) is 4.16. The number of hydrazone groups is 1. The zero-order valence-electron chi connectivity index (χ0n) is 14.4. The van der Waals surface area contributed by atoms with Crippen molar-refractivity contribution in [2.24, 2.45) is 5.10 Å². The van der Waals surface area contributed by atoms with Crippen molar-refractivity contribution in [1.82, 2.24) is 5.43 Å². The van der Waals surface area contributed by atoms with Gasteiger partial charge in [-0.05, 0) is 53.2 Å². The Hall–Kier alpha value is -2.54. The Bertz CT molecular complexity index is 806. The number of methoxy groups -OCH3 is 3. The molecule has 1 amide bonds. The fourth-order valence-electron chi connectivity index (χ4n) is 2.16. The number of benzene rings is 2. The summed E-state index contributed by atoms with van der Waals surface area (Å²) in [5, 5.41) is 4.16. The molecule has 25 heavy (non-hydrogen) atoms. The highest BCUT2D eigenvalue weighted by atomic mass is 79.9. The molecule has 0 unspecified atom stereocenters. The van der Waals surface area contributed by atoms with Gasteiger partial charge >= 0.3 is 0 Å². The lowest BCUT2D eigenvalue weighted by molar-refractivity contribution is 0.0954. The number of nitrogens with zero attached hydrogens (tertiary/aromatic N) is 1. The molecule has 0 aliphatic rings. The number of rotatable bonds is 6. The smallest absolute Gasteiger partial charge is 0.271 e. The molecule has 0 aliphatic heterocycles. The van der Waals surface area contributed by atoms with Gasteiger partial charge in [-0.2, -0.15) is 5.10 Å². The number of hydrogen-bond donors (Lipinski definition) is 1. The highest BCUT2D eigenvalue weighted by molar-refractivity contribution is 9.10. The van der Waals surface area contributed by atoms with Crippen LogP contribution < -0.4 is 19.6 Å². The number of halogens is 1. The summed E-state index contributed by atoms with van der Waals surface area (Å²) in [6.45, 7) is 1.79. The van der Waals surface area contributed by atoms with Gasteiger partial charge in [-0.15, -0.1) is 0 Å². The molecule has 2 aromatic rings. The van der Waals surface area contributed by atoms with Crippen LogP contribution in [-0.2, 0) is 0 Å². The molecule has 7 heteroatoms. The molecule has 0 bridgehead atoms. The second-order valence-corrected chi connectivity index (χ2v) is 5.91. The predicted octanol–water partition coefficient (Wildman–Crippen LogP) is 3.63. The molecule has 0 heterocycles. The summed E-state index contributed by atoms with van der Waals surface area (Å²) in [5.41, 5.74) is 4.38. The molecular weight excluding hydrogens is 388 g/mol. The van der Waals surface area contributed by atoms with Crippen LogP contribution >= 0.6 is 15.9 Å². The van der Waals surface area contributed by atoms with Crippen LogP contribution in [0.3, 0.4) is 0 Å². The van der Waals surface area contributed by atoms with Gasteiger partial charge in [-0.1, -0.05) is 0 Å². The second kappa shape index (κ2) is 8.53. The average Bonchev–Trinajstić information content (AvgIpc) is 2.65. The van der Waals surface area contributed by atoms with Crippen molar-refractivity contribution in [3.8, 4) is 17.2 Å². The Morgan fingerprint density at radius 1 is 1.00 bits per heavy atom. The number of amides is 1. The van der Waals surface area contributed by atoms with Crippen molar-refractivity contribution in [2.75, 3.05) is 21.3 Å². The quantitative estimate of drug-likeness (QED) is 0.587. The molecule has 0 radical (unpaired) electrons. The lowest BCUT2D eigenvalue weighted by Gasteiger charge is -2.10. The van der Waals surface area contributed by atoms with Crippen molar-refractivity contribution >= 4 is 27.5 Å².